The lowest BCUT2D eigenvalue weighted by molar-refractivity contribution is 0.255. The minimum atomic E-state index is 0.464. The molecule has 1 aliphatic rings. The average molecular weight is 260 g/mol. The standard InChI is InChI=1S/C9H14BrN3O/c1-13-4-2-6(3-5-13)7-8(10)12-14-9(7)11/h6H,2-5,11H2,1H3. The van der Waals surface area contributed by atoms with Crippen molar-refractivity contribution in [2.45, 2.75) is 18.8 Å². The van der Waals surface area contributed by atoms with E-state index >= 15 is 0 Å². The SMILES string of the molecule is CN1CCC(c2c(Br)noc2N)CC1. The topological polar surface area (TPSA) is 55.3 Å². The van der Waals surface area contributed by atoms with Crippen LogP contribution in [0.25, 0.3) is 0 Å². The summed E-state index contributed by atoms with van der Waals surface area (Å²) in [5.74, 6) is 0.957. The Bertz CT molecular complexity index is 298. The van der Waals surface area contributed by atoms with Crippen LogP contribution in [0.1, 0.15) is 24.3 Å². The lowest BCUT2D eigenvalue weighted by Crippen LogP contribution is -2.29. The van der Waals surface area contributed by atoms with E-state index in [-0.39, 0.29) is 0 Å². The monoisotopic (exact) mass is 259 g/mol. The summed E-state index contributed by atoms with van der Waals surface area (Å²) < 4.78 is 5.71. The van der Waals surface area contributed by atoms with Crippen LogP contribution in [0.3, 0.4) is 0 Å². The van der Waals surface area contributed by atoms with Gasteiger partial charge in [0.1, 0.15) is 0 Å². The molecule has 2 heterocycles. The molecule has 0 atom stereocenters. The molecule has 0 saturated carbocycles. The van der Waals surface area contributed by atoms with Crippen molar-refractivity contribution in [2.75, 3.05) is 25.9 Å². The largest absolute Gasteiger partial charge is 0.367 e. The van der Waals surface area contributed by atoms with Crippen LogP contribution >= 0.6 is 15.9 Å². The summed E-state index contributed by atoms with van der Waals surface area (Å²) in [4.78, 5) is 2.33. The van der Waals surface area contributed by atoms with Crippen molar-refractivity contribution in [2.24, 2.45) is 0 Å². The molecular weight excluding hydrogens is 246 g/mol. The van der Waals surface area contributed by atoms with E-state index in [0.29, 0.717) is 11.8 Å². The van der Waals surface area contributed by atoms with Gasteiger partial charge in [-0.05, 0) is 54.8 Å². The fraction of sp³-hybridized carbons (Fsp3) is 0.667. The van der Waals surface area contributed by atoms with Crippen molar-refractivity contribution in [1.29, 1.82) is 0 Å². The van der Waals surface area contributed by atoms with Crippen molar-refractivity contribution in [3.8, 4) is 0 Å². The molecule has 1 saturated heterocycles. The van der Waals surface area contributed by atoms with Gasteiger partial charge in [0.2, 0.25) is 5.88 Å². The van der Waals surface area contributed by atoms with Gasteiger partial charge in [0, 0.05) is 0 Å². The summed E-state index contributed by atoms with van der Waals surface area (Å²) in [7, 11) is 2.14. The number of nitrogens with two attached hydrogens (primary N) is 1. The first kappa shape index (κ1) is 9.98. The molecule has 78 valence electrons. The van der Waals surface area contributed by atoms with Gasteiger partial charge in [-0.25, -0.2) is 0 Å². The first-order valence-corrected chi connectivity index (χ1v) is 5.57. The van der Waals surface area contributed by atoms with Gasteiger partial charge in [0.25, 0.3) is 0 Å². The Morgan fingerprint density at radius 2 is 2.14 bits per heavy atom. The van der Waals surface area contributed by atoms with E-state index in [1.807, 2.05) is 0 Å². The molecule has 1 aliphatic heterocycles. The van der Waals surface area contributed by atoms with E-state index in [4.69, 9.17) is 10.3 Å². The van der Waals surface area contributed by atoms with Crippen LogP contribution in [0.4, 0.5) is 5.88 Å². The fourth-order valence-corrected chi connectivity index (χ4v) is 2.55. The highest BCUT2D eigenvalue weighted by Gasteiger charge is 2.25. The molecule has 0 aliphatic carbocycles. The first-order chi connectivity index (χ1) is 6.68. The quantitative estimate of drug-likeness (QED) is 0.836. The van der Waals surface area contributed by atoms with Gasteiger partial charge < -0.3 is 15.2 Å². The Labute approximate surface area is 91.5 Å². The Kier molecular flexibility index (Phi) is 2.78. The van der Waals surface area contributed by atoms with E-state index in [1.54, 1.807) is 0 Å². The number of hydrogen-bond donors (Lipinski definition) is 1. The molecule has 0 amide bonds. The van der Waals surface area contributed by atoms with Gasteiger partial charge in [-0.1, -0.05) is 5.16 Å². The number of piperidine rings is 1. The Balaban J connectivity index is 2.15. The highest BCUT2D eigenvalue weighted by Crippen LogP contribution is 2.36. The van der Waals surface area contributed by atoms with Crippen LogP contribution in [0.2, 0.25) is 0 Å². The molecule has 2 rings (SSSR count). The van der Waals surface area contributed by atoms with Crippen LogP contribution < -0.4 is 5.73 Å². The second-order valence-electron chi connectivity index (χ2n) is 3.83. The summed E-state index contributed by atoms with van der Waals surface area (Å²) in [6, 6.07) is 0. The predicted molar refractivity (Wildman–Crippen MR) is 58.1 cm³/mol. The van der Waals surface area contributed by atoms with Crippen LogP contribution in [0, 0.1) is 0 Å². The minimum Gasteiger partial charge on any atom is -0.367 e. The highest BCUT2D eigenvalue weighted by atomic mass is 79.9. The van der Waals surface area contributed by atoms with Crippen molar-refractivity contribution in [1.82, 2.24) is 10.1 Å². The van der Waals surface area contributed by atoms with E-state index < -0.39 is 0 Å². The molecule has 1 aromatic rings. The predicted octanol–water partition coefficient (Wildman–Crippen LogP) is 1.83. The molecule has 0 aromatic carbocycles. The first-order valence-electron chi connectivity index (χ1n) is 4.77. The van der Waals surface area contributed by atoms with Crippen LogP contribution in [0.5, 0.6) is 0 Å². The number of halogens is 1. The van der Waals surface area contributed by atoms with Gasteiger partial charge in [0.05, 0.1) is 5.56 Å². The number of nitrogen functional groups attached to an aromatic ring is 1. The van der Waals surface area contributed by atoms with Gasteiger partial charge in [-0.3, -0.25) is 0 Å². The molecular formula is C9H14BrN3O. The molecule has 0 radical (unpaired) electrons. The van der Waals surface area contributed by atoms with Gasteiger partial charge in [-0.15, -0.1) is 0 Å². The highest BCUT2D eigenvalue weighted by molar-refractivity contribution is 9.10. The van der Waals surface area contributed by atoms with E-state index in [9.17, 15) is 0 Å². The smallest absolute Gasteiger partial charge is 0.226 e. The zero-order valence-electron chi connectivity index (χ0n) is 8.16. The zero-order chi connectivity index (χ0) is 10.1. The molecule has 1 fully saturated rings. The lowest BCUT2D eigenvalue weighted by atomic mass is 9.91. The molecule has 0 unspecified atom stereocenters. The third kappa shape index (κ3) is 1.79. The third-order valence-corrected chi connectivity index (χ3v) is 3.41. The summed E-state index contributed by atoms with van der Waals surface area (Å²) >= 11 is 3.37. The van der Waals surface area contributed by atoms with Crippen LogP contribution in [-0.2, 0) is 0 Å². The van der Waals surface area contributed by atoms with Gasteiger partial charge in [0.15, 0.2) is 4.60 Å². The summed E-state index contributed by atoms with van der Waals surface area (Å²) in [6.07, 6.45) is 2.25. The number of nitrogens with zero attached hydrogens (tertiary/aromatic N) is 2. The normalized spacial score (nSPS) is 20.1. The van der Waals surface area contributed by atoms with Crippen LogP contribution in [0.15, 0.2) is 9.13 Å². The van der Waals surface area contributed by atoms with Crippen LogP contribution in [-0.4, -0.2) is 30.2 Å². The zero-order valence-corrected chi connectivity index (χ0v) is 9.75. The summed E-state index contributed by atoms with van der Waals surface area (Å²) in [5, 5.41) is 3.81. The fourth-order valence-electron chi connectivity index (χ4n) is 1.96. The molecule has 0 spiro atoms. The molecule has 5 heteroatoms. The maximum atomic E-state index is 5.73. The minimum absolute atomic E-state index is 0.464. The number of likely N-dealkylation sites (tertiary alicyclic amines) is 1. The lowest BCUT2D eigenvalue weighted by Gasteiger charge is -2.28. The molecule has 1 aromatic heterocycles. The average Bonchev–Trinajstić information content (AvgIpc) is 2.49. The van der Waals surface area contributed by atoms with E-state index in [1.165, 1.54) is 0 Å². The molecule has 4 nitrogen and oxygen atoms in total. The third-order valence-electron chi connectivity index (χ3n) is 2.84. The summed E-state index contributed by atoms with van der Waals surface area (Å²) in [5.41, 5.74) is 6.79. The van der Waals surface area contributed by atoms with Crippen molar-refractivity contribution >= 4 is 21.8 Å². The number of hydrogen-bond acceptors (Lipinski definition) is 4. The van der Waals surface area contributed by atoms with E-state index in [0.717, 1.165) is 36.1 Å². The second kappa shape index (κ2) is 3.90. The summed E-state index contributed by atoms with van der Waals surface area (Å²) in [6.45, 7) is 2.23. The molecule has 14 heavy (non-hydrogen) atoms. The number of aromatic nitrogens is 1. The molecule has 2 N–H and O–H groups in total. The Hall–Kier alpha value is -0.550. The number of anilines is 1. The van der Waals surface area contributed by atoms with Gasteiger partial charge in [-0.2, -0.15) is 0 Å². The second-order valence-corrected chi connectivity index (χ2v) is 4.58. The molecule has 0 bridgehead atoms. The number of rotatable bonds is 1. The Morgan fingerprint density at radius 1 is 1.50 bits per heavy atom. The maximum absolute atomic E-state index is 5.73. The van der Waals surface area contributed by atoms with Gasteiger partial charge >= 0.3 is 0 Å². The van der Waals surface area contributed by atoms with Crippen molar-refractivity contribution in [3.05, 3.63) is 10.2 Å². The maximum Gasteiger partial charge on any atom is 0.226 e. The van der Waals surface area contributed by atoms with Crippen molar-refractivity contribution < 1.29 is 4.52 Å². The van der Waals surface area contributed by atoms with E-state index in [2.05, 4.69) is 33.0 Å². The van der Waals surface area contributed by atoms with Crippen molar-refractivity contribution in [3.63, 3.8) is 0 Å². The Morgan fingerprint density at radius 3 is 2.64 bits per heavy atom.